The first kappa shape index (κ1) is 18.3. The van der Waals surface area contributed by atoms with E-state index in [4.69, 9.17) is 4.74 Å². The molecule has 26 heavy (non-hydrogen) atoms. The molecule has 2 amide bonds. The van der Waals surface area contributed by atoms with E-state index in [0.29, 0.717) is 17.0 Å². The van der Waals surface area contributed by atoms with Crippen molar-refractivity contribution < 1.29 is 23.1 Å². The van der Waals surface area contributed by atoms with Gasteiger partial charge in [0.1, 0.15) is 23.9 Å². The monoisotopic (exact) mass is 424 g/mol. The molecule has 0 unspecified atom stereocenters. The topological polar surface area (TPSA) is 58.6 Å². The predicted molar refractivity (Wildman–Crippen MR) is 95.1 cm³/mol. The molecule has 0 saturated heterocycles. The lowest BCUT2D eigenvalue weighted by Gasteiger charge is -2.29. The summed E-state index contributed by atoms with van der Waals surface area (Å²) >= 11 is 3.33. The molecule has 1 aliphatic heterocycles. The number of carbonyl (C=O) groups excluding carboxylic acids is 2. The lowest BCUT2D eigenvalue weighted by atomic mass is 10.1. The standard InChI is InChI=1S/C18H15BrF2N2O3/c19-12-1-2-15-16(7-12)26-10-18(25)23(15)9-17(24)22-4-3-11-5-13(20)8-14(21)6-11/h1-2,5-8H,3-4,9-10H2,(H,22,24). The lowest BCUT2D eigenvalue weighted by molar-refractivity contribution is -0.125. The van der Waals surface area contributed by atoms with E-state index in [1.807, 2.05) is 0 Å². The van der Waals surface area contributed by atoms with Gasteiger partial charge in [0.05, 0.1) is 5.69 Å². The van der Waals surface area contributed by atoms with Crippen molar-refractivity contribution in [2.75, 3.05) is 24.6 Å². The maximum Gasteiger partial charge on any atom is 0.265 e. The molecule has 1 aliphatic rings. The molecule has 0 aliphatic carbocycles. The van der Waals surface area contributed by atoms with E-state index < -0.39 is 11.6 Å². The minimum Gasteiger partial charge on any atom is -0.482 e. The van der Waals surface area contributed by atoms with Gasteiger partial charge in [-0.2, -0.15) is 0 Å². The lowest BCUT2D eigenvalue weighted by Crippen LogP contribution is -2.45. The normalized spacial score (nSPS) is 13.2. The average Bonchev–Trinajstić information content (AvgIpc) is 2.56. The van der Waals surface area contributed by atoms with Gasteiger partial charge < -0.3 is 10.1 Å². The van der Waals surface area contributed by atoms with Gasteiger partial charge in [0.25, 0.3) is 5.91 Å². The second kappa shape index (κ2) is 7.82. The second-order valence-corrected chi connectivity index (χ2v) is 6.67. The third kappa shape index (κ3) is 4.37. The molecule has 0 saturated carbocycles. The van der Waals surface area contributed by atoms with Gasteiger partial charge in [-0.1, -0.05) is 15.9 Å². The number of ether oxygens (including phenoxy) is 1. The van der Waals surface area contributed by atoms with Gasteiger partial charge in [0, 0.05) is 17.1 Å². The number of hydrogen-bond donors (Lipinski definition) is 1. The molecule has 8 heteroatoms. The van der Waals surface area contributed by atoms with Gasteiger partial charge in [-0.15, -0.1) is 0 Å². The number of hydrogen-bond acceptors (Lipinski definition) is 3. The van der Waals surface area contributed by atoms with Crippen LogP contribution >= 0.6 is 15.9 Å². The Morgan fingerprint density at radius 2 is 1.92 bits per heavy atom. The van der Waals surface area contributed by atoms with Crippen LogP contribution < -0.4 is 15.0 Å². The molecule has 2 aromatic rings. The second-order valence-electron chi connectivity index (χ2n) is 5.76. The number of benzene rings is 2. The fraction of sp³-hybridized carbons (Fsp3) is 0.222. The van der Waals surface area contributed by atoms with Crippen LogP contribution in [0, 0.1) is 11.6 Å². The number of fused-ring (bicyclic) bond motifs is 1. The van der Waals surface area contributed by atoms with Crippen molar-refractivity contribution in [1.29, 1.82) is 0 Å². The first-order valence-electron chi connectivity index (χ1n) is 7.87. The molecule has 5 nitrogen and oxygen atoms in total. The summed E-state index contributed by atoms with van der Waals surface area (Å²) in [6, 6.07) is 8.40. The molecule has 2 aromatic carbocycles. The van der Waals surface area contributed by atoms with Crippen molar-refractivity contribution >= 4 is 33.4 Å². The number of halogens is 3. The highest BCUT2D eigenvalue weighted by Crippen LogP contribution is 2.34. The summed E-state index contributed by atoms with van der Waals surface area (Å²) in [5.41, 5.74) is 0.965. The van der Waals surface area contributed by atoms with Crippen LogP contribution in [0.4, 0.5) is 14.5 Å². The van der Waals surface area contributed by atoms with Gasteiger partial charge in [0.15, 0.2) is 6.61 Å². The van der Waals surface area contributed by atoms with E-state index >= 15 is 0 Å². The summed E-state index contributed by atoms with van der Waals surface area (Å²) in [6.45, 7) is -0.0961. The van der Waals surface area contributed by atoms with Crippen molar-refractivity contribution in [3.8, 4) is 5.75 Å². The van der Waals surface area contributed by atoms with Crippen LogP contribution in [0.15, 0.2) is 40.9 Å². The third-order valence-corrected chi connectivity index (χ3v) is 4.32. The van der Waals surface area contributed by atoms with Crippen molar-refractivity contribution in [3.05, 3.63) is 58.1 Å². The van der Waals surface area contributed by atoms with E-state index in [2.05, 4.69) is 21.2 Å². The minimum atomic E-state index is -0.659. The molecule has 0 radical (unpaired) electrons. The van der Waals surface area contributed by atoms with Crippen LogP contribution in [0.1, 0.15) is 5.56 Å². The summed E-state index contributed by atoms with van der Waals surface area (Å²) in [4.78, 5) is 25.6. The maximum absolute atomic E-state index is 13.1. The molecular weight excluding hydrogens is 410 g/mol. The zero-order valence-electron chi connectivity index (χ0n) is 13.6. The zero-order chi connectivity index (χ0) is 18.7. The molecule has 3 rings (SSSR count). The number of carbonyl (C=O) groups is 2. The third-order valence-electron chi connectivity index (χ3n) is 3.82. The van der Waals surface area contributed by atoms with E-state index in [1.54, 1.807) is 18.2 Å². The SMILES string of the molecule is O=C(CN1C(=O)COc2cc(Br)ccc21)NCCc1cc(F)cc(F)c1. The van der Waals surface area contributed by atoms with Crippen molar-refractivity contribution in [2.24, 2.45) is 0 Å². The van der Waals surface area contributed by atoms with Gasteiger partial charge >= 0.3 is 0 Å². The average molecular weight is 425 g/mol. The Bertz CT molecular complexity index is 840. The minimum absolute atomic E-state index is 0.140. The number of nitrogens with zero attached hydrogens (tertiary/aromatic N) is 1. The summed E-state index contributed by atoms with van der Waals surface area (Å²) < 4.78 is 32.5. The summed E-state index contributed by atoms with van der Waals surface area (Å²) in [5.74, 6) is -1.49. The van der Waals surface area contributed by atoms with E-state index in [1.165, 1.54) is 17.0 Å². The molecule has 0 spiro atoms. The molecule has 0 bridgehead atoms. The van der Waals surface area contributed by atoms with Crippen LogP contribution in [0.2, 0.25) is 0 Å². The van der Waals surface area contributed by atoms with Gasteiger partial charge in [-0.3, -0.25) is 14.5 Å². The molecule has 1 heterocycles. The van der Waals surface area contributed by atoms with Crippen LogP contribution in [0.25, 0.3) is 0 Å². The summed E-state index contributed by atoms with van der Waals surface area (Å²) in [7, 11) is 0. The number of anilines is 1. The largest absolute Gasteiger partial charge is 0.482 e. The quantitative estimate of drug-likeness (QED) is 0.802. The Morgan fingerprint density at radius 1 is 1.19 bits per heavy atom. The van der Waals surface area contributed by atoms with Gasteiger partial charge in [-0.25, -0.2) is 8.78 Å². The Morgan fingerprint density at radius 3 is 2.65 bits per heavy atom. The highest BCUT2D eigenvalue weighted by molar-refractivity contribution is 9.10. The molecule has 0 fully saturated rings. The smallest absolute Gasteiger partial charge is 0.265 e. The molecule has 0 atom stereocenters. The number of amides is 2. The molecule has 1 N–H and O–H groups in total. The van der Waals surface area contributed by atoms with Crippen LogP contribution in [-0.4, -0.2) is 31.5 Å². The first-order chi connectivity index (χ1) is 12.4. The predicted octanol–water partition coefficient (Wildman–Crippen LogP) is 2.81. The van der Waals surface area contributed by atoms with Crippen LogP contribution in [0.3, 0.4) is 0 Å². The summed E-state index contributed by atoms with van der Waals surface area (Å²) in [6.07, 6.45) is 0.279. The van der Waals surface area contributed by atoms with Crippen LogP contribution in [0.5, 0.6) is 5.75 Å². The molecule has 136 valence electrons. The van der Waals surface area contributed by atoms with Crippen molar-refractivity contribution in [2.45, 2.75) is 6.42 Å². The van der Waals surface area contributed by atoms with E-state index in [-0.39, 0.29) is 37.9 Å². The van der Waals surface area contributed by atoms with Gasteiger partial charge in [0.2, 0.25) is 5.91 Å². The number of nitrogens with one attached hydrogen (secondary N) is 1. The Kier molecular flexibility index (Phi) is 5.51. The van der Waals surface area contributed by atoms with Crippen molar-refractivity contribution in [1.82, 2.24) is 5.32 Å². The zero-order valence-corrected chi connectivity index (χ0v) is 15.2. The first-order valence-corrected chi connectivity index (χ1v) is 8.66. The molecular formula is C18H15BrF2N2O3. The highest BCUT2D eigenvalue weighted by Gasteiger charge is 2.27. The highest BCUT2D eigenvalue weighted by atomic mass is 79.9. The van der Waals surface area contributed by atoms with E-state index in [0.717, 1.165) is 10.5 Å². The Balaban J connectivity index is 1.59. The van der Waals surface area contributed by atoms with E-state index in [9.17, 15) is 18.4 Å². The number of rotatable bonds is 5. The molecule has 0 aromatic heterocycles. The van der Waals surface area contributed by atoms with Gasteiger partial charge in [-0.05, 0) is 42.3 Å². The fourth-order valence-corrected chi connectivity index (χ4v) is 2.99. The fourth-order valence-electron chi connectivity index (χ4n) is 2.65. The summed E-state index contributed by atoms with van der Waals surface area (Å²) in [5, 5.41) is 2.65. The van der Waals surface area contributed by atoms with Crippen molar-refractivity contribution in [3.63, 3.8) is 0 Å². The Labute approximate surface area is 157 Å². The maximum atomic E-state index is 13.1. The van der Waals surface area contributed by atoms with Crippen LogP contribution in [-0.2, 0) is 16.0 Å². The Hall–Kier alpha value is -2.48.